The Kier molecular flexibility index (Phi) is 4.70. The van der Waals surface area contributed by atoms with Gasteiger partial charge in [-0.2, -0.15) is 0 Å². The van der Waals surface area contributed by atoms with Crippen molar-refractivity contribution in [2.45, 2.75) is 45.6 Å². The van der Waals surface area contributed by atoms with Crippen molar-refractivity contribution >= 4 is 21.6 Å². The first-order valence-electron chi connectivity index (χ1n) is 7.89. The highest BCUT2D eigenvalue weighted by Crippen LogP contribution is 2.30. The molecule has 0 bridgehead atoms. The standard InChI is InChI=1S/C16H23N3OS/c1-11-3-2-4-12(9-11)5-7-17-10-14-18-13-6-8-21-15(13)16(20)19-14/h6,8,11-12,17H,2-5,7,9-10H2,1H3,(H,18,19,20). The van der Waals surface area contributed by atoms with Gasteiger partial charge in [0.25, 0.3) is 5.56 Å². The fourth-order valence-corrected chi connectivity index (χ4v) is 4.07. The van der Waals surface area contributed by atoms with Gasteiger partial charge in [-0.05, 0) is 42.7 Å². The largest absolute Gasteiger partial charge is 0.310 e. The Balaban J connectivity index is 1.49. The molecule has 0 saturated heterocycles. The van der Waals surface area contributed by atoms with Crippen LogP contribution < -0.4 is 10.9 Å². The van der Waals surface area contributed by atoms with Crippen molar-refractivity contribution in [1.82, 2.24) is 15.3 Å². The van der Waals surface area contributed by atoms with Crippen LogP contribution in [0, 0.1) is 11.8 Å². The third-order valence-corrected chi connectivity index (χ3v) is 5.33. The van der Waals surface area contributed by atoms with Crippen LogP contribution in [0.25, 0.3) is 10.2 Å². The maximum absolute atomic E-state index is 11.9. The second-order valence-corrected chi connectivity index (χ2v) is 7.17. The lowest BCUT2D eigenvalue weighted by atomic mass is 9.81. The summed E-state index contributed by atoms with van der Waals surface area (Å²) in [5.74, 6) is 2.50. The predicted octanol–water partition coefficient (Wildman–Crippen LogP) is 3.29. The molecule has 2 atom stereocenters. The molecule has 0 aliphatic heterocycles. The molecule has 5 heteroatoms. The zero-order valence-corrected chi connectivity index (χ0v) is 13.3. The Morgan fingerprint density at radius 3 is 3.24 bits per heavy atom. The first kappa shape index (κ1) is 14.7. The number of nitrogens with zero attached hydrogens (tertiary/aromatic N) is 1. The molecule has 4 nitrogen and oxygen atoms in total. The molecule has 0 aromatic carbocycles. The van der Waals surface area contributed by atoms with Gasteiger partial charge in [0, 0.05) is 0 Å². The Bertz CT molecular complexity index is 648. The van der Waals surface area contributed by atoms with Gasteiger partial charge in [0.05, 0.1) is 12.1 Å². The minimum atomic E-state index is -0.0205. The Hall–Kier alpha value is -1.20. The second kappa shape index (κ2) is 6.71. The van der Waals surface area contributed by atoms with Crippen molar-refractivity contribution in [3.8, 4) is 0 Å². The van der Waals surface area contributed by atoms with Gasteiger partial charge < -0.3 is 10.3 Å². The Labute approximate surface area is 129 Å². The number of rotatable bonds is 5. The normalized spacial score (nSPS) is 22.7. The van der Waals surface area contributed by atoms with Crippen LogP contribution in [-0.4, -0.2) is 16.5 Å². The van der Waals surface area contributed by atoms with Crippen LogP contribution in [0.15, 0.2) is 16.2 Å². The molecule has 0 spiro atoms. The van der Waals surface area contributed by atoms with Gasteiger partial charge in [-0.1, -0.05) is 26.2 Å². The smallest absolute Gasteiger partial charge is 0.268 e. The van der Waals surface area contributed by atoms with Crippen molar-refractivity contribution in [3.05, 3.63) is 27.6 Å². The van der Waals surface area contributed by atoms with Crippen LogP contribution in [0.4, 0.5) is 0 Å². The predicted molar refractivity (Wildman–Crippen MR) is 87.7 cm³/mol. The van der Waals surface area contributed by atoms with Crippen LogP contribution in [-0.2, 0) is 6.54 Å². The van der Waals surface area contributed by atoms with Crippen LogP contribution in [0.1, 0.15) is 44.9 Å². The molecule has 2 aromatic heterocycles. The fraction of sp³-hybridized carbons (Fsp3) is 0.625. The van der Waals surface area contributed by atoms with E-state index in [1.807, 2.05) is 11.4 Å². The van der Waals surface area contributed by atoms with Crippen molar-refractivity contribution in [3.63, 3.8) is 0 Å². The number of hydrogen-bond acceptors (Lipinski definition) is 4. The average Bonchev–Trinajstić information content (AvgIpc) is 2.93. The van der Waals surface area contributed by atoms with E-state index in [4.69, 9.17) is 0 Å². The van der Waals surface area contributed by atoms with Crippen molar-refractivity contribution in [2.75, 3.05) is 6.54 Å². The first-order valence-corrected chi connectivity index (χ1v) is 8.77. The number of thiophene rings is 1. The van der Waals surface area contributed by atoms with Gasteiger partial charge in [0.2, 0.25) is 0 Å². The zero-order valence-electron chi connectivity index (χ0n) is 12.5. The van der Waals surface area contributed by atoms with Gasteiger partial charge in [-0.15, -0.1) is 11.3 Å². The first-order chi connectivity index (χ1) is 10.2. The fourth-order valence-electron chi connectivity index (χ4n) is 3.34. The maximum atomic E-state index is 11.9. The number of fused-ring (bicyclic) bond motifs is 1. The summed E-state index contributed by atoms with van der Waals surface area (Å²) in [4.78, 5) is 19.2. The van der Waals surface area contributed by atoms with E-state index >= 15 is 0 Å². The lowest BCUT2D eigenvalue weighted by Crippen LogP contribution is -2.23. The minimum absolute atomic E-state index is 0.0205. The lowest BCUT2D eigenvalue weighted by Gasteiger charge is -2.26. The van der Waals surface area contributed by atoms with Gasteiger partial charge in [-0.25, -0.2) is 4.98 Å². The van der Waals surface area contributed by atoms with Crippen LogP contribution in [0.2, 0.25) is 0 Å². The maximum Gasteiger partial charge on any atom is 0.268 e. The monoisotopic (exact) mass is 305 g/mol. The second-order valence-electron chi connectivity index (χ2n) is 6.25. The molecule has 2 unspecified atom stereocenters. The molecular weight excluding hydrogens is 282 g/mol. The molecule has 1 fully saturated rings. The molecule has 0 radical (unpaired) electrons. The summed E-state index contributed by atoms with van der Waals surface area (Å²) in [6.07, 6.45) is 6.76. The van der Waals surface area contributed by atoms with Crippen LogP contribution in [0.3, 0.4) is 0 Å². The number of aromatic nitrogens is 2. The van der Waals surface area contributed by atoms with E-state index in [0.29, 0.717) is 6.54 Å². The summed E-state index contributed by atoms with van der Waals surface area (Å²) < 4.78 is 0.718. The molecular formula is C16H23N3OS. The Morgan fingerprint density at radius 1 is 1.48 bits per heavy atom. The molecule has 0 amide bonds. The molecule has 1 aliphatic carbocycles. The van der Waals surface area contributed by atoms with E-state index in [1.165, 1.54) is 43.4 Å². The van der Waals surface area contributed by atoms with Gasteiger partial charge in [0.1, 0.15) is 10.5 Å². The lowest BCUT2D eigenvalue weighted by molar-refractivity contribution is 0.267. The summed E-state index contributed by atoms with van der Waals surface area (Å²) in [5.41, 5.74) is 0.787. The van der Waals surface area contributed by atoms with Crippen LogP contribution in [0.5, 0.6) is 0 Å². The highest BCUT2D eigenvalue weighted by atomic mass is 32.1. The van der Waals surface area contributed by atoms with E-state index in [-0.39, 0.29) is 5.56 Å². The number of nitrogens with one attached hydrogen (secondary N) is 2. The molecule has 21 heavy (non-hydrogen) atoms. The Morgan fingerprint density at radius 2 is 2.38 bits per heavy atom. The van der Waals surface area contributed by atoms with E-state index in [9.17, 15) is 4.79 Å². The summed E-state index contributed by atoms with van der Waals surface area (Å²) >= 11 is 1.44. The summed E-state index contributed by atoms with van der Waals surface area (Å²) in [7, 11) is 0. The van der Waals surface area contributed by atoms with E-state index in [0.717, 1.165) is 34.4 Å². The molecule has 2 heterocycles. The molecule has 114 valence electrons. The number of hydrogen-bond donors (Lipinski definition) is 2. The summed E-state index contributed by atoms with van der Waals surface area (Å²) in [5, 5.41) is 5.33. The average molecular weight is 305 g/mol. The zero-order chi connectivity index (χ0) is 14.7. The summed E-state index contributed by atoms with van der Waals surface area (Å²) in [6.45, 7) is 4.01. The van der Waals surface area contributed by atoms with Crippen molar-refractivity contribution in [2.24, 2.45) is 11.8 Å². The number of H-pyrrole nitrogens is 1. The van der Waals surface area contributed by atoms with Gasteiger partial charge >= 0.3 is 0 Å². The summed E-state index contributed by atoms with van der Waals surface area (Å²) in [6, 6.07) is 1.90. The van der Waals surface area contributed by atoms with E-state index in [2.05, 4.69) is 22.2 Å². The van der Waals surface area contributed by atoms with E-state index in [1.54, 1.807) is 0 Å². The molecule has 3 rings (SSSR count). The van der Waals surface area contributed by atoms with Crippen LogP contribution >= 0.6 is 11.3 Å². The molecule has 1 aliphatic rings. The molecule has 2 N–H and O–H groups in total. The van der Waals surface area contributed by atoms with Gasteiger partial charge in [0.15, 0.2) is 0 Å². The highest BCUT2D eigenvalue weighted by molar-refractivity contribution is 7.17. The molecule has 1 saturated carbocycles. The third kappa shape index (κ3) is 3.71. The quantitative estimate of drug-likeness (QED) is 0.833. The topological polar surface area (TPSA) is 57.8 Å². The van der Waals surface area contributed by atoms with E-state index < -0.39 is 0 Å². The third-order valence-electron chi connectivity index (χ3n) is 4.43. The van der Waals surface area contributed by atoms with Crippen molar-refractivity contribution in [1.29, 1.82) is 0 Å². The SMILES string of the molecule is CC1CCCC(CCNCc2nc3ccsc3c(=O)[nH]2)C1. The highest BCUT2D eigenvalue weighted by Gasteiger charge is 2.18. The number of aromatic amines is 1. The van der Waals surface area contributed by atoms with Crippen molar-refractivity contribution < 1.29 is 0 Å². The molecule has 2 aromatic rings. The minimum Gasteiger partial charge on any atom is -0.310 e. The van der Waals surface area contributed by atoms with Gasteiger partial charge in [-0.3, -0.25) is 4.79 Å².